The zero-order chi connectivity index (χ0) is 14.0. The van der Waals surface area contributed by atoms with Crippen LogP contribution in [0.5, 0.6) is 0 Å². The van der Waals surface area contributed by atoms with Gasteiger partial charge in [-0.15, -0.1) is 0 Å². The molecule has 3 nitrogen and oxygen atoms in total. The SMILES string of the molecule is Cc1cccc(N)c1C(=O)OC1CCC(C)C(C)C1. The van der Waals surface area contributed by atoms with Crippen LogP contribution in [-0.4, -0.2) is 12.1 Å². The number of benzene rings is 1. The van der Waals surface area contributed by atoms with E-state index in [-0.39, 0.29) is 12.1 Å². The fourth-order valence-corrected chi connectivity index (χ4v) is 2.78. The van der Waals surface area contributed by atoms with E-state index in [9.17, 15) is 4.79 Å². The summed E-state index contributed by atoms with van der Waals surface area (Å²) in [5, 5.41) is 0. The number of hydrogen-bond donors (Lipinski definition) is 1. The molecule has 3 atom stereocenters. The number of anilines is 1. The minimum atomic E-state index is -0.276. The number of carbonyl (C=O) groups excluding carboxylic acids is 1. The Kier molecular flexibility index (Phi) is 4.13. The molecular weight excluding hydrogens is 238 g/mol. The fraction of sp³-hybridized carbons (Fsp3) is 0.562. The van der Waals surface area contributed by atoms with E-state index in [0.717, 1.165) is 30.7 Å². The highest BCUT2D eigenvalue weighted by Gasteiger charge is 2.28. The Hall–Kier alpha value is -1.51. The highest BCUT2D eigenvalue weighted by Crippen LogP contribution is 2.31. The van der Waals surface area contributed by atoms with Crippen molar-refractivity contribution in [2.24, 2.45) is 11.8 Å². The Morgan fingerprint density at radius 1 is 1.26 bits per heavy atom. The molecule has 3 heteroatoms. The number of esters is 1. The molecule has 19 heavy (non-hydrogen) atoms. The van der Waals surface area contributed by atoms with E-state index >= 15 is 0 Å². The smallest absolute Gasteiger partial charge is 0.340 e. The van der Waals surface area contributed by atoms with Gasteiger partial charge in [0.1, 0.15) is 6.10 Å². The van der Waals surface area contributed by atoms with E-state index in [1.807, 2.05) is 19.1 Å². The van der Waals surface area contributed by atoms with Gasteiger partial charge in [0.25, 0.3) is 0 Å². The van der Waals surface area contributed by atoms with Crippen LogP contribution in [0.2, 0.25) is 0 Å². The molecule has 104 valence electrons. The average Bonchev–Trinajstić information content (AvgIpc) is 2.33. The van der Waals surface area contributed by atoms with Crippen molar-refractivity contribution in [3.8, 4) is 0 Å². The van der Waals surface area contributed by atoms with E-state index in [2.05, 4.69) is 13.8 Å². The van der Waals surface area contributed by atoms with E-state index in [4.69, 9.17) is 10.5 Å². The van der Waals surface area contributed by atoms with E-state index in [1.54, 1.807) is 6.07 Å². The van der Waals surface area contributed by atoms with Crippen LogP contribution >= 0.6 is 0 Å². The number of nitrogen functional groups attached to an aromatic ring is 1. The lowest BCUT2D eigenvalue weighted by Crippen LogP contribution is -2.29. The molecule has 2 rings (SSSR count). The third-order valence-electron chi connectivity index (χ3n) is 4.33. The predicted molar refractivity (Wildman–Crippen MR) is 77.0 cm³/mol. The van der Waals surface area contributed by atoms with Gasteiger partial charge in [-0.3, -0.25) is 0 Å². The molecule has 1 aliphatic rings. The van der Waals surface area contributed by atoms with Crippen LogP contribution < -0.4 is 5.73 Å². The summed E-state index contributed by atoms with van der Waals surface area (Å²) in [5.74, 6) is 1.06. The monoisotopic (exact) mass is 261 g/mol. The van der Waals surface area contributed by atoms with Crippen molar-refractivity contribution >= 4 is 11.7 Å². The van der Waals surface area contributed by atoms with Gasteiger partial charge < -0.3 is 10.5 Å². The topological polar surface area (TPSA) is 52.3 Å². The first-order valence-electron chi connectivity index (χ1n) is 7.05. The summed E-state index contributed by atoms with van der Waals surface area (Å²) in [4.78, 5) is 12.2. The summed E-state index contributed by atoms with van der Waals surface area (Å²) in [7, 11) is 0. The van der Waals surface area contributed by atoms with Crippen LogP contribution in [-0.2, 0) is 4.74 Å². The second kappa shape index (κ2) is 5.64. The van der Waals surface area contributed by atoms with Gasteiger partial charge in [-0.2, -0.15) is 0 Å². The van der Waals surface area contributed by atoms with Crippen molar-refractivity contribution in [2.45, 2.75) is 46.1 Å². The number of carbonyl (C=O) groups is 1. The number of hydrogen-bond acceptors (Lipinski definition) is 3. The Balaban J connectivity index is 2.06. The van der Waals surface area contributed by atoms with Crippen LogP contribution in [0.1, 0.15) is 49.0 Å². The Morgan fingerprint density at radius 3 is 2.63 bits per heavy atom. The van der Waals surface area contributed by atoms with Crippen LogP contribution in [0.15, 0.2) is 18.2 Å². The second-order valence-corrected chi connectivity index (χ2v) is 5.83. The van der Waals surface area contributed by atoms with Gasteiger partial charge in [0, 0.05) is 5.69 Å². The molecule has 0 radical (unpaired) electrons. The van der Waals surface area contributed by atoms with E-state index in [1.165, 1.54) is 0 Å². The van der Waals surface area contributed by atoms with Gasteiger partial charge in [0.15, 0.2) is 0 Å². The first kappa shape index (κ1) is 13.9. The Morgan fingerprint density at radius 2 is 2.00 bits per heavy atom. The van der Waals surface area contributed by atoms with Crippen molar-refractivity contribution in [1.29, 1.82) is 0 Å². The zero-order valence-electron chi connectivity index (χ0n) is 12.0. The van der Waals surface area contributed by atoms with Gasteiger partial charge in [0.2, 0.25) is 0 Å². The molecule has 2 N–H and O–H groups in total. The molecular formula is C16H23NO2. The molecule has 1 aromatic rings. The molecule has 3 unspecified atom stereocenters. The summed E-state index contributed by atoms with van der Waals surface area (Å²) < 4.78 is 5.64. The standard InChI is InChI=1S/C16H23NO2/c1-10-7-8-13(9-12(10)3)19-16(18)15-11(2)5-4-6-14(15)17/h4-6,10,12-13H,7-9,17H2,1-3H3. The molecule has 0 spiro atoms. The summed E-state index contributed by atoms with van der Waals surface area (Å²) in [6, 6.07) is 5.49. The van der Waals surface area contributed by atoms with Gasteiger partial charge in [-0.25, -0.2) is 4.79 Å². The molecule has 0 bridgehead atoms. The molecule has 0 aromatic heterocycles. The molecule has 0 aliphatic heterocycles. The average molecular weight is 261 g/mol. The van der Waals surface area contributed by atoms with Gasteiger partial charge in [0.05, 0.1) is 5.56 Å². The van der Waals surface area contributed by atoms with Gasteiger partial charge >= 0.3 is 5.97 Å². The minimum absolute atomic E-state index is 0.0395. The lowest BCUT2D eigenvalue weighted by molar-refractivity contribution is 0.00883. The Labute approximate surface area is 115 Å². The molecule has 0 amide bonds. The van der Waals surface area contributed by atoms with Gasteiger partial charge in [-0.05, 0) is 49.7 Å². The quantitative estimate of drug-likeness (QED) is 0.654. The summed E-state index contributed by atoms with van der Waals surface area (Å²) in [6.45, 7) is 6.38. The molecule has 1 fully saturated rings. The number of aryl methyl sites for hydroxylation is 1. The number of nitrogens with two attached hydrogens (primary N) is 1. The normalized spacial score (nSPS) is 27.0. The third kappa shape index (κ3) is 3.09. The highest BCUT2D eigenvalue weighted by molar-refractivity contribution is 5.96. The van der Waals surface area contributed by atoms with E-state index in [0.29, 0.717) is 17.2 Å². The van der Waals surface area contributed by atoms with Gasteiger partial charge in [-0.1, -0.05) is 26.0 Å². The number of rotatable bonds is 2. The van der Waals surface area contributed by atoms with Crippen molar-refractivity contribution in [3.63, 3.8) is 0 Å². The zero-order valence-corrected chi connectivity index (χ0v) is 12.0. The summed E-state index contributed by atoms with van der Waals surface area (Å²) >= 11 is 0. The van der Waals surface area contributed by atoms with Crippen molar-refractivity contribution in [1.82, 2.24) is 0 Å². The maximum absolute atomic E-state index is 12.2. The van der Waals surface area contributed by atoms with E-state index < -0.39 is 0 Å². The molecule has 0 heterocycles. The fourth-order valence-electron chi connectivity index (χ4n) is 2.78. The van der Waals surface area contributed by atoms with Crippen LogP contribution in [0.25, 0.3) is 0 Å². The van der Waals surface area contributed by atoms with Crippen molar-refractivity contribution < 1.29 is 9.53 Å². The highest BCUT2D eigenvalue weighted by atomic mass is 16.5. The Bertz CT molecular complexity index is 450. The largest absolute Gasteiger partial charge is 0.459 e. The molecule has 1 saturated carbocycles. The molecule has 1 aromatic carbocycles. The first-order valence-corrected chi connectivity index (χ1v) is 7.05. The maximum Gasteiger partial charge on any atom is 0.340 e. The van der Waals surface area contributed by atoms with Crippen molar-refractivity contribution in [3.05, 3.63) is 29.3 Å². The maximum atomic E-state index is 12.2. The van der Waals surface area contributed by atoms with Crippen LogP contribution in [0.3, 0.4) is 0 Å². The molecule has 0 saturated heterocycles. The molecule has 1 aliphatic carbocycles. The number of ether oxygens (including phenoxy) is 1. The first-order chi connectivity index (χ1) is 8.99. The summed E-state index contributed by atoms with van der Waals surface area (Å²) in [6.07, 6.45) is 3.09. The second-order valence-electron chi connectivity index (χ2n) is 5.83. The van der Waals surface area contributed by atoms with Crippen molar-refractivity contribution in [2.75, 3.05) is 5.73 Å². The van der Waals surface area contributed by atoms with Crippen LogP contribution in [0.4, 0.5) is 5.69 Å². The summed E-state index contributed by atoms with van der Waals surface area (Å²) in [5.41, 5.74) is 7.78. The minimum Gasteiger partial charge on any atom is -0.459 e. The third-order valence-corrected chi connectivity index (χ3v) is 4.33. The predicted octanol–water partition coefficient (Wildman–Crippen LogP) is 3.56. The lowest BCUT2D eigenvalue weighted by Gasteiger charge is -2.31. The lowest BCUT2D eigenvalue weighted by atomic mass is 9.80. The van der Waals surface area contributed by atoms with Crippen LogP contribution in [0, 0.1) is 18.8 Å².